The van der Waals surface area contributed by atoms with Gasteiger partial charge in [0.15, 0.2) is 0 Å². The monoisotopic (exact) mass is 440 g/mol. The van der Waals surface area contributed by atoms with Gasteiger partial charge in [0, 0.05) is 0 Å². The standard InChI is InChI=1S/C27H43F3O/c1-17(6-7-18(2)27(28,29)30)21-10-11-22-20-9-8-19-16-24(3,31)14-15-25(19,4)23(20)12-13-26(21,22)5/h8,17-18,20-23,31H,6-7,9-16H2,1-5H3/t17-,18-,20+,21-,22?,23?,24+,25+,26-/m1/s1. The maximum atomic E-state index is 13.0. The highest BCUT2D eigenvalue weighted by molar-refractivity contribution is 5.26. The molecule has 0 heterocycles. The summed E-state index contributed by atoms with van der Waals surface area (Å²) in [5.74, 6) is 1.86. The summed E-state index contributed by atoms with van der Waals surface area (Å²) in [6.45, 7) is 10.5. The molecular formula is C27H43F3O. The van der Waals surface area contributed by atoms with E-state index in [-0.39, 0.29) is 17.3 Å². The van der Waals surface area contributed by atoms with Crippen LogP contribution < -0.4 is 0 Å². The SMILES string of the molecule is C[C@H](CC[C@@H](C)C(F)(F)F)[C@H]1CCC2[C@@H]3CC=C4C[C@@](C)(O)CC[C@]4(C)C3CC[C@@]21C. The lowest BCUT2D eigenvalue weighted by Gasteiger charge is -2.59. The fraction of sp³-hybridized carbons (Fsp3) is 0.926. The van der Waals surface area contributed by atoms with Gasteiger partial charge in [0.05, 0.1) is 11.5 Å². The van der Waals surface area contributed by atoms with E-state index in [9.17, 15) is 18.3 Å². The minimum Gasteiger partial charge on any atom is -0.390 e. The lowest BCUT2D eigenvalue weighted by Crippen LogP contribution is -2.52. The van der Waals surface area contributed by atoms with Crippen LogP contribution in [0.1, 0.15) is 98.8 Å². The summed E-state index contributed by atoms with van der Waals surface area (Å²) in [4.78, 5) is 0. The van der Waals surface area contributed by atoms with Gasteiger partial charge in [-0.15, -0.1) is 0 Å². The van der Waals surface area contributed by atoms with Crippen molar-refractivity contribution in [1.82, 2.24) is 0 Å². The van der Waals surface area contributed by atoms with E-state index in [2.05, 4.69) is 26.8 Å². The molecule has 4 rings (SSSR count). The Bertz CT molecular complexity index is 710. The molecular weight excluding hydrogens is 397 g/mol. The van der Waals surface area contributed by atoms with E-state index in [1.54, 1.807) is 0 Å². The van der Waals surface area contributed by atoms with Gasteiger partial charge < -0.3 is 5.11 Å². The second kappa shape index (κ2) is 7.77. The van der Waals surface area contributed by atoms with E-state index >= 15 is 0 Å². The molecule has 0 aliphatic heterocycles. The zero-order valence-electron chi connectivity index (χ0n) is 20.2. The first-order valence-corrected chi connectivity index (χ1v) is 12.8. The summed E-state index contributed by atoms with van der Waals surface area (Å²) >= 11 is 0. The summed E-state index contributed by atoms with van der Waals surface area (Å²) in [7, 11) is 0. The number of fused-ring (bicyclic) bond motifs is 5. The van der Waals surface area contributed by atoms with Crippen LogP contribution in [0.2, 0.25) is 0 Å². The Morgan fingerprint density at radius 3 is 2.39 bits per heavy atom. The Morgan fingerprint density at radius 1 is 1.00 bits per heavy atom. The van der Waals surface area contributed by atoms with E-state index in [1.807, 2.05) is 6.92 Å². The van der Waals surface area contributed by atoms with Crippen LogP contribution in [0, 0.1) is 46.3 Å². The van der Waals surface area contributed by atoms with Crippen LogP contribution in [0.15, 0.2) is 11.6 Å². The molecule has 3 fully saturated rings. The van der Waals surface area contributed by atoms with Gasteiger partial charge in [0.25, 0.3) is 0 Å². The first kappa shape index (κ1) is 23.6. The Balaban J connectivity index is 1.48. The minimum absolute atomic E-state index is 0.234. The van der Waals surface area contributed by atoms with Crippen molar-refractivity contribution in [3.63, 3.8) is 0 Å². The first-order chi connectivity index (χ1) is 14.3. The van der Waals surface area contributed by atoms with Crippen molar-refractivity contribution in [2.24, 2.45) is 46.3 Å². The minimum atomic E-state index is -4.06. The predicted octanol–water partition coefficient (Wildman–Crippen LogP) is 7.93. The summed E-state index contributed by atoms with van der Waals surface area (Å²) < 4.78 is 39.0. The van der Waals surface area contributed by atoms with Crippen LogP contribution in [0.5, 0.6) is 0 Å². The lowest BCUT2D eigenvalue weighted by atomic mass is 9.46. The molecule has 0 amide bonds. The summed E-state index contributed by atoms with van der Waals surface area (Å²) in [5, 5.41) is 10.6. The van der Waals surface area contributed by atoms with E-state index in [4.69, 9.17) is 0 Å². The van der Waals surface area contributed by atoms with Gasteiger partial charge in [-0.05, 0) is 112 Å². The fourth-order valence-electron chi connectivity index (χ4n) is 8.66. The molecule has 0 aromatic rings. The van der Waals surface area contributed by atoms with Crippen LogP contribution in [0.3, 0.4) is 0 Å². The number of hydrogen-bond donors (Lipinski definition) is 1. The van der Waals surface area contributed by atoms with Crippen LogP contribution in [0.4, 0.5) is 13.2 Å². The third-order valence-electron chi connectivity index (χ3n) is 10.8. The van der Waals surface area contributed by atoms with E-state index in [0.717, 1.165) is 25.7 Å². The molecule has 0 aromatic heterocycles. The largest absolute Gasteiger partial charge is 0.391 e. The number of rotatable bonds is 4. The number of allylic oxidation sites excluding steroid dienone is 1. The maximum Gasteiger partial charge on any atom is 0.391 e. The molecule has 4 aliphatic rings. The third kappa shape index (κ3) is 4.02. The van der Waals surface area contributed by atoms with Gasteiger partial charge in [-0.3, -0.25) is 0 Å². The average Bonchev–Trinajstić information content (AvgIpc) is 3.02. The smallest absolute Gasteiger partial charge is 0.390 e. The second-order valence-electron chi connectivity index (χ2n) is 12.7. The van der Waals surface area contributed by atoms with Crippen LogP contribution >= 0.6 is 0 Å². The molecule has 4 aliphatic carbocycles. The molecule has 9 atom stereocenters. The highest BCUT2D eigenvalue weighted by atomic mass is 19.4. The Hall–Kier alpha value is -0.510. The van der Waals surface area contributed by atoms with E-state index < -0.39 is 17.7 Å². The highest BCUT2D eigenvalue weighted by Gasteiger charge is 2.59. The molecule has 31 heavy (non-hydrogen) atoms. The number of alkyl halides is 3. The lowest BCUT2D eigenvalue weighted by molar-refractivity contribution is -0.172. The van der Waals surface area contributed by atoms with Crippen molar-refractivity contribution in [3.8, 4) is 0 Å². The molecule has 178 valence electrons. The van der Waals surface area contributed by atoms with Crippen molar-refractivity contribution in [3.05, 3.63) is 11.6 Å². The zero-order valence-corrected chi connectivity index (χ0v) is 20.2. The number of halogens is 3. The van der Waals surface area contributed by atoms with Crippen LogP contribution in [-0.2, 0) is 0 Å². The van der Waals surface area contributed by atoms with Crippen molar-refractivity contribution in [2.45, 2.75) is 111 Å². The molecule has 1 N–H and O–H groups in total. The quantitative estimate of drug-likeness (QED) is 0.440. The molecule has 0 aromatic carbocycles. The summed E-state index contributed by atoms with van der Waals surface area (Å²) in [6.07, 6.45) is 8.22. The van der Waals surface area contributed by atoms with Gasteiger partial charge in [-0.25, -0.2) is 0 Å². The van der Waals surface area contributed by atoms with E-state index in [1.165, 1.54) is 38.2 Å². The molecule has 2 unspecified atom stereocenters. The molecule has 0 radical (unpaired) electrons. The maximum absolute atomic E-state index is 13.0. The molecule has 0 spiro atoms. The molecule has 0 bridgehead atoms. The Morgan fingerprint density at radius 2 is 1.71 bits per heavy atom. The molecule has 4 heteroatoms. The Kier molecular flexibility index (Phi) is 5.93. The van der Waals surface area contributed by atoms with Crippen molar-refractivity contribution >= 4 is 0 Å². The first-order valence-electron chi connectivity index (χ1n) is 12.8. The normalized spacial score (nSPS) is 47.1. The molecule has 1 nitrogen and oxygen atoms in total. The third-order valence-corrected chi connectivity index (χ3v) is 10.8. The summed E-state index contributed by atoms with van der Waals surface area (Å²) in [6, 6.07) is 0. The number of hydrogen-bond acceptors (Lipinski definition) is 1. The predicted molar refractivity (Wildman–Crippen MR) is 119 cm³/mol. The zero-order chi connectivity index (χ0) is 22.8. The Labute approximate surface area is 187 Å². The average molecular weight is 441 g/mol. The van der Waals surface area contributed by atoms with Gasteiger partial charge >= 0.3 is 6.18 Å². The van der Waals surface area contributed by atoms with Gasteiger partial charge in [-0.2, -0.15) is 13.2 Å². The van der Waals surface area contributed by atoms with Crippen molar-refractivity contribution < 1.29 is 18.3 Å². The summed E-state index contributed by atoms with van der Waals surface area (Å²) in [5.41, 5.74) is 1.46. The van der Waals surface area contributed by atoms with Gasteiger partial charge in [0.2, 0.25) is 0 Å². The van der Waals surface area contributed by atoms with E-state index in [0.29, 0.717) is 36.0 Å². The fourth-order valence-corrected chi connectivity index (χ4v) is 8.66. The highest BCUT2D eigenvalue weighted by Crippen LogP contribution is 2.67. The van der Waals surface area contributed by atoms with Gasteiger partial charge in [-0.1, -0.05) is 39.3 Å². The topological polar surface area (TPSA) is 20.2 Å². The van der Waals surface area contributed by atoms with Crippen LogP contribution in [0.25, 0.3) is 0 Å². The van der Waals surface area contributed by atoms with Gasteiger partial charge in [0.1, 0.15) is 0 Å². The van der Waals surface area contributed by atoms with Crippen LogP contribution in [-0.4, -0.2) is 16.9 Å². The second-order valence-corrected chi connectivity index (χ2v) is 12.7. The van der Waals surface area contributed by atoms with Crippen molar-refractivity contribution in [2.75, 3.05) is 0 Å². The molecule has 0 saturated heterocycles. The number of aliphatic hydroxyl groups is 1. The van der Waals surface area contributed by atoms with Crippen molar-refractivity contribution in [1.29, 1.82) is 0 Å². The molecule has 3 saturated carbocycles.